The molecule has 106 valence electrons. The largest absolute Gasteiger partial charge is 0.481 e. The lowest BCUT2D eigenvalue weighted by Gasteiger charge is -2.17. The Morgan fingerprint density at radius 3 is 2.58 bits per heavy atom. The van der Waals surface area contributed by atoms with E-state index in [0.717, 1.165) is 19.3 Å². The molecule has 4 nitrogen and oxygen atoms in total. The van der Waals surface area contributed by atoms with Crippen molar-refractivity contribution in [2.45, 2.75) is 52.4 Å². The number of nitrogens with zero attached hydrogens (tertiary/aromatic N) is 1. The minimum Gasteiger partial charge on any atom is -0.481 e. The van der Waals surface area contributed by atoms with Gasteiger partial charge in [-0.05, 0) is 43.4 Å². The molecule has 0 aromatic rings. The molecule has 0 radical (unpaired) electrons. The molecule has 19 heavy (non-hydrogen) atoms. The summed E-state index contributed by atoms with van der Waals surface area (Å²) in [6.07, 6.45) is 3.67. The monoisotopic (exact) mass is 265 g/mol. The minimum absolute atomic E-state index is 0.0233. The molecule has 0 aliphatic heterocycles. The number of rotatable bonds is 7. The van der Waals surface area contributed by atoms with Crippen molar-refractivity contribution in [3.8, 4) is 6.07 Å². The average Bonchev–Trinajstić information content (AvgIpc) is 2.69. The molecule has 4 heteroatoms. The number of carboxylic acids is 1. The summed E-state index contributed by atoms with van der Waals surface area (Å²) in [7, 11) is 0. The fourth-order valence-electron chi connectivity index (χ4n) is 3.19. The Morgan fingerprint density at radius 2 is 2.05 bits per heavy atom. The fourth-order valence-corrected chi connectivity index (χ4v) is 3.19. The summed E-state index contributed by atoms with van der Waals surface area (Å²) in [6, 6.07) is 1.86. The third-order valence-corrected chi connectivity index (χ3v) is 3.99. The molecule has 1 N–H and O–H groups in total. The zero-order valence-corrected chi connectivity index (χ0v) is 11.8. The molecule has 1 unspecified atom stereocenters. The quantitative estimate of drug-likeness (QED) is 0.767. The van der Waals surface area contributed by atoms with Gasteiger partial charge in [-0.2, -0.15) is 5.26 Å². The number of nitriles is 1. The van der Waals surface area contributed by atoms with E-state index >= 15 is 0 Å². The number of hydrogen-bond donors (Lipinski definition) is 1. The van der Waals surface area contributed by atoms with E-state index in [0.29, 0.717) is 24.7 Å². The Bertz CT molecular complexity index is 370. The molecular weight excluding hydrogens is 242 g/mol. The summed E-state index contributed by atoms with van der Waals surface area (Å²) < 4.78 is 0. The topological polar surface area (TPSA) is 78.2 Å². The van der Waals surface area contributed by atoms with Crippen LogP contribution in [-0.2, 0) is 9.59 Å². The predicted molar refractivity (Wildman–Crippen MR) is 71.3 cm³/mol. The van der Waals surface area contributed by atoms with Crippen LogP contribution in [0.1, 0.15) is 52.4 Å². The van der Waals surface area contributed by atoms with E-state index in [-0.39, 0.29) is 24.0 Å². The van der Waals surface area contributed by atoms with Gasteiger partial charge in [-0.15, -0.1) is 0 Å². The summed E-state index contributed by atoms with van der Waals surface area (Å²) in [4.78, 5) is 22.6. The summed E-state index contributed by atoms with van der Waals surface area (Å²) in [5.41, 5.74) is 0. The molecular formula is C15H23NO3. The Labute approximate surface area is 114 Å². The first-order valence-electron chi connectivity index (χ1n) is 7.05. The number of hydrogen-bond acceptors (Lipinski definition) is 3. The first-order valence-corrected chi connectivity index (χ1v) is 7.05. The van der Waals surface area contributed by atoms with Crippen LogP contribution in [0.15, 0.2) is 0 Å². The lowest BCUT2D eigenvalue weighted by atomic mass is 9.88. The molecule has 0 bridgehead atoms. The number of ketones is 1. The number of carbonyl (C=O) groups excluding carboxylic acids is 1. The van der Waals surface area contributed by atoms with Crippen molar-refractivity contribution in [3.63, 3.8) is 0 Å². The average molecular weight is 265 g/mol. The van der Waals surface area contributed by atoms with E-state index in [2.05, 4.69) is 13.8 Å². The molecule has 1 fully saturated rings. The first-order chi connectivity index (χ1) is 8.93. The van der Waals surface area contributed by atoms with Gasteiger partial charge >= 0.3 is 5.97 Å². The third kappa shape index (κ3) is 5.02. The molecule has 0 spiro atoms. The smallest absolute Gasteiger partial charge is 0.306 e. The van der Waals surface area contributed by atoms with Gasteiger partial charge in [-0.3, -0.25) is 9.59 Å². The highest BCUT2D eigenvalue weighted by molar-refractivity contribution is 5.80. The van der Waals surface area contributed by atoms with E-state index in [1.54, 1.807) is 0 Å². The Balaban J connectivity index is 2.48. The van der Waals surface area contributed by atoms with E-state index in [4.69, 9.17) is 5.26 Å². The predicted octanol–water partition coefficient (Wildman–Crippen LogP) is 3.02. The summed E-state index contributed by atoms with van der Waals surface area (Å²) in [5.74, 6) is 0.100. The van der Waals surface area contributed by atoms with Crippen LogP contribution in [0.3, 0.4) is 0 Å². The van der Waals surface area contributed by atoms with Gasteiger partial charge in [-0.25, -0.2) is 0 Å². The standard InChI is InChI=1S/C15H23NO3/c1-10(2)7-12-8-11(9-14(12)15(18)19)3-4-13(17)5-6-16/h10-12,14H,3-5,7-9H2,1-2H3,(H,18,19)/t11?,12-,14-/m1/s1. The SMILES string of the molecule is CC(C)C[C@@H]1CC(CCC(=O)CC#N)C[C@H]1C(=O)O. The second kappa shape index (κ2) is 7.28. The number of aliphatic carboxylic acids is 1. The van der Waals surface area contributed by atoms with Gasteiger partial charge in [0.15, 0.2) is 0 Å². The van der Waals surface area contributed by atoms with Gasteiger partial charge in [-0.1, -0.05) is 13.8 Å². The van der Waals surface area contributed by atoms with Gasteiger partial charge in [0.25, 0.3) is 0 Å². The van der Waals surface area contributed by atoms with Crippen LogP contribution in [0.2, 0.25) is 0 Å². The normalized spacial score (nSPS) is 26.3. The number of carboxylic acid groups (broad SMARTS) is 1. The first kappa shape index (κ1) is 15.7. The van der Waals surface area contributed by atoms with Crippen molar-refractivity contribution in [1.82, 2.24) is 0 Å². The lowest BCUT2D eigenvalue weighted by Crippen LogP contribution is -2.19. The molecule has 0 saturated heterocycles. The Kier molecular flexibility index (Phi) is 6.01. The van der Waals surface area contributed by atoms with Crippen LogP contribution >= 0.6 is 0 Å². The van der Waals surface area contributed by atoms with E-state index in [1.165, 1.54) is 0 Å². The van der Waals surface area contributed by atoms with Crippen molar-refractivity contribution in [2.75, 3.05) is 0 Å². The van der Waals surface area contributed by atoms with Crippen LogP contribution in [0.5, 0.6) is 0 Å². The van der Waals surface area contributed by atoms with Crippen LogP contribution in [0.4, 0.5) is 0 Å². The molecule has 1 aliphatic rings. The highest BCUT2D eigenvalue weighted by atomic mass is 16.4. The van der Waals surface area contributed by atoms with Crippen molar-refractivity contribution in [2.24, 2.45) is 23.7 Å². The summed E-state index contributed by atoms with van der Waals surface area (Å²) in [5, 5.41) is 17.7. The molecule has 1 aliphatic carbocycles. The lowest BCUT2D eigenvalue weighted by molar-refractivity contribution is -0.143. The van der Waals surface area contributed by atoms with Gasteiger partial charge in [0.2, 0.25) is 0 Å². The second-order valence-corrected chi connectivity index (χ2v) is 6.08. The van der Waals surface area contributed by atoms with Crippen LogP contribution in [-0.4, -0.2) is 16.9 Å². The number of Topliss-reactive ketones (excluding diaryl/α,β-unsaturated/α-hetero) is 1. The zero-order valence-electron chi connectivity index (χ0n) is 11.8. The summed E-state index contributed by atoms with van der Waals surface area (Å²) >= 11 is 0. The van der Waals surface area contributed by atoms with Gasteiger partial charge in [0.1, 0.15) is 5.78 Å². The van der Waals surface area contributed by atoms with Crippen LogP contribution < -0.4 is 0 Å². The van der Waals surface area contributed by atoms with Gasteiger partial charge in [0.05, 0.1) is 18.4 Å². The van der Waals surface area contributed by atoms with E-state index in [1.807, 2.05) is 6.07 Å². The van der Waals surface area contributed by atoms with E-state index in [9.17, 15) is 14.7 Å². The van der Waals surface area contributed by atoms with Crippen molar-refractivity contribution in [1.29, 1.82) is 5.26 Å². The van der Waals surface area contributed by atoms with Gasteiger partial charge in [0, 0.05) is 6.42 Å². The third-order valence-electron chi connectivity index (χ3n) is 3.99. The maximum Gasteiger partial charge on any atom is 0.306 e. The summed E-state index contributed by atoms with van der Waals surface area (Å²) in [6.45, 7) is 4.23. The van der Waals surface area contributed by atoms with Crippen molar-refractivity contribution >= 4 is 11.8 Å². The molecule has 1 rings (SSSR count). The van der Waals surface area contributed by atoms with E-state index < -0.39 is 5.97 Å². The minimum atomic E-state index is -0.698. The maximum atomic E-state index is 11.3. The van der Waals surface area contributed by atoms with Crippen molar-refractivity contribution in [3.05, 3.63) is 0 Å². The van der Waals surface area contributed by atoms with Crippen LogP contribution in [0, 0.1) is 35.0 Å². The van der Waals surface area contributed by atoms with Crippen LogP contribution in [0.25, 0.3) is 0 Å². The highest BCUT2D eigenvalue weighted by Crippen LogP contribution is 2.42. The van der Waals surface area contributed by atoms with Gasteiger partial charge < -0.3 is 5.11 Å². The molecule has 0 amide bonds. The maximum absolute atomic E-state index is 11.3. The molecule has 0 heterocycles. The zero-order chi connectivity index (χ0) is 14.4. The fraction of sp³-hybridized carbons (Fsp3) is 0.800. The van der Waals surface area contributed by atoms with Crippen molar-refractivity contribution < 1.29 is 14.7 Å². The molecule has 0 aromatic heterocycles. The molecule has 1 saturated carbocycles. The molecule has 3 atom stereocenters. The number of carbonyl (C=O) groups is 2. The molecule has 0 aromatic carbocycles. The second-order valence-electron chi connectivity index (χ2n) is 6.08. The Hall–Kier alpha value is -1.37. The highest BCUT2D eigenvalue weighted by Gasteiger charge is 2.38. The Morgan fingerprint density at radius 1 is 1.37 bits per heavy atom.